The first-order valence-corrected chi connectivity index (χ1v) is 9.55. The van der Waals surface area contributed by atoms with Crippen LogP contribution in [-0.4, -0.2) is 57.2 Å². The second-order valence-corrected chi connectivity index (χ2v) is 6.81. The number of furan rings is 1. The molecule has 0 bridgehead atoms. The average Bonchev–Trinajstić information content (AvgIpc) is 3.13. The highest BCUT2D eigenvalue weighted by molar-refractivity contribution is 14.0. The van der Waals surface area contributed by atoms with E-state index in [1.165, 1.54) is 32.5 Å². The van der Waals surface area contributed by atoms with E-state index in [1.807, 2.05) is 19.2 Å². The zero-order chi connectivity index (χ0) is 17.7. The van der Waals surface area contributed by atoms with Crippen LogP contribution < -0.4 is 10.6 Å². The number of nitrogens with zero attached hydrogens (tertiary/aromatic N) is 2. The monoisotopic (exact) mass is 478 g/mol. The molecule has 0 saturated carbocycles. The summed E-state index contributed by atoms with van der Waals surface area (Å²) in [6, 6.07) is 3.80. The van der Waals surface area contributed by atoms with Crippen molar-refractivity contribution in [3.63, 3.8) is 0 Å². The van der Waals surface area contributed by atoms with Crippen LogP contribution in [0.25, 0.3) is 0 Å². The van der Waals surface area contributed by atoms with Gasteiger partial charge in [0.15, 0.2) is 5.96 Å². The number of likely N-dealkylation sites (tertiary alicyclic amines) is 1. The summed E-state index contributed by atoms with van der Waals surface area (Å²) < 4.78 is 10.8. The molecule has 1 aromatic rings. The molecule has 1 fully saturated rings. The molecule has 0 aromatic carbocycles. The van der Waals surface area contributed by atoms with Gasteiger partial charge >= 0.3 is 0 Å². The number of nitrogens with one attached hydrogen (secondary N) is 2. The smallest absolute Gasteiger partial charge is 0.190 e. The molecule has 2 N–H and O–H groups in total. The topological polar surface area (TPSA) is 62.0 Å². The maximum atomic E-state index is 5.57. The molecule has 26 heavy (non-hydrogen) atoms. The molecule has 7 heteroatoms. The first kappa shape index (κ1) is 23.2. The van der Waals surface area contributed by atoms with Crippen molar-refractivity contribution in [2.75, 3.05) is 46.4 Å². The van der Waals surface area contributed by atoms with E-state index >= 15 is 0 Å². The number of aliphatic imine (C=N–C) groups is 1. The summed E-state index contributed by atoms with van der Waals surface area (Å²) in [7, 11) is 1.81. The summed E-state index contributed by atoms with van der Waals surface area (Å²) in [6.07, 6.45) is 6.49. The van der Waals surface area contributed by atoms with Gasteiger partial charge in [-0.3, -0.25) is 4.99 Å². The second kappa shape index (κ2) is 14.3. The first-order chi connectivity index (χ1) is 12.3. The van der Waals surface area contributed by atoms with Gasteiger partial charge in [0.05, 0.1) is 6.26 Å². The van der Waals surface area contributed by atoms with Crippen LogP contribution in [0.3, 0.4) is 0 Å². The van der Waals surface area contributed by atoms with Crippen molar-refractivity contribution < 1.29 is 9.15 Å². The van der Waals surface area contributed by atoms with Gasteiger partial charge < -0.3 is 24.7 Å². The molecule has 0 aliphatic carbocycles. The largest absolute Gasteiger partial charge is 0.467 e. The standard InChI is InChI=1S/C19H34N4O2.HI/c1-17-7-3-11-23(15-17)12-5-9-21-19(20-2)22-10-6-13-24-16-18-8-4-14-25-18;/h4,8,14,17H,3,5-7,9-13,15-16H2,1-2H3,(H2,20,21,22);1H. The molecule has 1 saturated heterocycles. The van der Waals surface area contributed by atoms with Crippen LogP contribution in [0, 0.1) is 5.92 Å². The Balaban J connectivity index is 0.00000338. The molecule has 1 atom stereocenters. The minimum absolute atomic E-state index is 0. The van der Waals surface area contributed by atoms with Gasteiger partial charge in [0.1, 0.15) is 12.4 Å². The third kappa shape index (κ3) is 9.78. The van der Waals surface area contributed by atoms with Gasteiger partial charge in [-0.1, -0.05) is 6.92 Å². The maximum Gasteiger partial charge on any atom is 0.190 e. The predicted molar refractivity (Wildman–Crippen MR) is 117 cm³/mol. The van der Waals surface area contributed by atoms with Gasteiger partial charge in [-0.2, -0.15) is 0 Å². The van der Waals surface area contributed by atoms with Crippen molar-refractivity contribution in [1.29, 1.82) is 0 Å². The fraction of sp³-hybridized carbons (Fsp3) is 0.737. The second-order valence-electron chi connectivity index (χ2n) is 6.81. The highest BCUT2D eigenvalue weighted by Gasteiger charge is 2.15. The van der Waals surface area contributed by atoms with E-state index in [0.717, 1.165) is 43.6 Å². The van der Waals surface area contributed by atoms with E-state index in [0.29, 0.717) is 13.2 Å². The molecule has 0 spiro atoms. The summed E-state index contributed by atoms with van der Waals surface area (Å²) in [4.78, 5) is 6.85. The summed E-state index contributed by atoms with van der Waals surface area (Å²) >= 11 is 0. The SMILES string of the molecule is CN=C(NCCCOCc1ccco1)NCCCN1CCCC(C)C1.I. The summed E-state index contributed by atoms with van der Waals surface area (Å²) in [5, 5.41) is 6.72. The van der Waals surface area contributed by atoms with Gasteiger partial charge in [0, 0.05) is 33.3 Å². The third-order valence-corrected chi connectivity index (χ3v) is 4.49. The van der Waals surface area contributed by atoms with E-state index in [2.05, 4.69) is 27.4 Å². The van der Waals surface area contributed by atoms with Crippen LogP contribution in [-0.2, 0) is 11.3 Å². The van der Waals surface area contributed by atoms with E-state index in [9.17, 15) is 0 Å². The molecule has 2 heterocycles. The number of guanidine groups is 1. The van der Waals surface area contributed by atoms with Gasteiger partial charge in [-0.05, 0) is 56.8 Å². The Morgan fingerprint density at radius 2 is 2.15 bits per heavy atom. The Morgan fingerprint density at radius 1 is 1.35 bits per heavy atom. The van der Waals surface area contributed by atoms with Crippen molar-refractivity contribution in [1.82, 2.24) is 15.5 Å². The maximum absolute atomic E-state index is 5.57. The zero-order valence-electron chi connectivity index (χ0n) is 16.2. The fourth-order valence-electron chi connectivity index (χ4n) is 3.17. The third-order valence-electron chi connectivity index (χ3n) is 4.49. The number of hydrogen-bond donors (Lipinski definition) is 2. The lowest BCUT2D eigenvalue weighted by atomic mass is 10.0. The van der Waals surface area contributed by atoms with Crippen LogP contribution >= 0.6 is 24.0 Å². The van der Waals surface area contributed by atoms with Gasteiger partial charge in [-0.15, -0.1) is 24.0 Å². The van der Waals surface area contributed by atoms with Crippen LogP contribution in [0.5, 0.6) is 0 Å². The molecular weight excluding hydrogens is 443 g/mol. The van der Waals surface area contributed by atoms with Crippen LogP contribution in [0.1, 0.15) is 38.4 Å². The molecule has 1 aliphatic rings. The van der Waals surface area contributed by atoms with Crippen LogP contribution in [0.4, 0.5) is 0 Å². The Morgan fingerprint density at radius 3 is 2.85 bits per heavy atom. The van der Waals surface area contributed by atoms with Crippen LogP contribution in [0.2, 0.25) is 0 Å². The lowest BCUT2D eigenvalue weighted by molar-refractivity contribution is 0.105. The minimum Gasteiger partial charge on any atom is -0.467 e. The van der Waals surface area contributed by atoms with Crippen molar-refractivity contribution in [2.45, 2.75) is 39.2 Å². The molecule has 1 aromatic heterocycles. The molecule has 1 aliphatic heterocycles. The van der Waals surface area contributed by atoms with E-state index in [-0.39, 0.29) is 24.0 Å². The Hall–Kier alpha value is -0.800. The lowest BCUT2D eigenvalue weighted by Gasteiger charge is -2.30. The Bertz CT molecular complexity index is 482. The van der Waals surface area contributed by atoms with E-state index in [1.54, 1.807) is 6.26 Å². The predicted octanol–water partition coefficient (Wildman–Crippen LogP) is 3.09. The average molecular weight is 478 g/mol. The number of halogens is 1. The number of piperidine rings is 1. The highest BCUT2D eigenvalue weighted by Crippen LogP contribution is 2.15. The number of hydrogen-bond acceptors (Lipinski definition) is 4. The molecule has 2 rings (SSSR count). The summed E-state index contributed by atoms with van der Waals surface area (Å²) in [5.74, 6) is 2.60. The molecule has 0 amide bonds. The fourth-order valence-corrected chi connectivity index (χ4v) is 3.17. The van der Waals surface area contributed by atoms with Crippen molar-refractivity contribution in [3.8, 4) is 0 Å². The van der Waals surface area contributed by atoms with Gasteiger partial charge in [0.25, 0.3) is 0 Å². The van der Waals surface area contributed by atoms with Crippen LogP contribution in [0.15, 0.2) is 27.8 Å². The number of rotatable bonds is 10. The summed E-state index contributed by atoms with van der Waals surface area (Å²) in [6.45, 7) is 9.09. The number of ether oxygens (including phenoxy) is 1. The molecule has 1 unspecified atom stereocenters. The normalized spacial score (nSPS) is 18.4. The molecule has 6 nitrogen and oxygen atoms in total. The minimum atomic E-state index is 0. The van der Waals surface area contributed by atoms with Crippen molar-refractivity contribution in [3.05, 3.63) is 24.2 Å². The summed E-state index contributed by atoms with van der Waals surface area (Å²) in [5.41, 5.74) is 0. The van der Waals surface area contributed by atoms with E-state index < -0.39 is 0 Å². The van der Waals surface area contributed by atoms with E-state index in [4.69, 9.17) is 9.15 Å². The molecular formula is C19H35IN4O2. The highest BCUT2D eigenvalue weighted by atomic mass is 127. The zero-order valence-corrected chi connectivity index (χ0v) is 18.5. The quantitative estimate of drug-likeness (QED) is 0.234. The Kier molecular flexibility index (Phi) is 12.8. The Labute approximate surface area is 175 Å². The molecule has 150 valence electrons. The van der Waals surface area contributed by atoms with Crippen molar-refractivity contribution >= 4 is 29.9 Å². The first-order valence-electron chi connectivity index (χ1n) is 9.55. The van der Waals surface area contributed by atoms with Crippen molar-refractivity contribution in [2.24, 2.45) is 10.9 Å². The van der Waals surface area contributed by atoms with Gasteiger partial charge in [-0.25, -0.2) is 0 Å². The molecule has 0 radical (unpaired) electrons. The van der Waals surface area contributed by atoms with Gasteiger partial charge in [0.2, 0.25) is 0 Å². The lowest BCUT2D eigenvalue weighted by Crippen LogP contribution is -2.40.